The summed E-state index contributed by atoms with van der Waals surface area (Å²) in [6, 6.07) is 11.5. The van der Waals surface area contributed by atoms with Crippen molar-refractivity contribution in [2.45, 2.75) is 13.0 Å². The largest absolute Gasteiger partial charge is 0.377 e. The van der Waals surface area contributed by atoms with Crippen molar-refractivity contribution in [3.8, 4) is 0 Å². The van der Waals surface area contributed by atoms with Gasteiger partial charge in [0, 0.05) is 22.8 Å². The van der Waals surface area contributed by atoms with Gasteiger partial charge in [-0.15, -0.1) is 0 Å². The van der Waals surface area contributed by atoms with Crippen molar-refractivity contribution < 1.29 is 14.3 Å². The van der Waals surface area contributed by atoms with Crippen LogP contribution < -0.4 is 5.32 Å². The van der Waals surface area contributed by atoms with Gasteiger partial charge in [0.05, 0.1) is 29.8 Å². The Morgan fingerprint density at radius 3 is 2.73 bits per heavy atom. The smallest absolute Gasteiger partial charge is 0.257 e. The highest BCUT2D eigenvalue weighted by atomic mass is 35.5. The molecule has 2 aromatic rings. The molecule has 2 aromatic carbocycles. The Morgan fingerprint density at radius 1 is 1.19 bits per heavy atom. The van der Waals surface area contributed by atoms with Gasteiger partial charge in [-0.25, -0.2) is 0 Å². The minimum Gasteiger partial charge on any atom is -0.377 e. The van der Waals surface area contributed by atoms with E-state index in [1.54, 1.807) is 41.3 Å². The summed E-state index contributed by atoms with van der Waals surface area (Å²) in [6.45, 7) is 3.56. The van der Waals surface area contributed by atoms with Crippen molar-refractivity contribution in [1.82, 2.24) is 4.90 Å². The fourth-order valence-electron chi connectivity index (χ4n) is 2.80. The summed E-state index contributed by atoms with van der Waals surface area (Å²) >= 11 is 11.9. The molecule has 0 radical (unpaired) electrons. The van der Waals surface area contributed by atoms with Crippen molar-refractivity contribution in [3.63, 3.8) is 0 Å². The van der Waals surface area contributed by atoms with Gasteiger partial charge in [-0.05, 0) is 43.3 Å². The lowest BCUT2D eigenvalue weighted by molar-refractivity contribution is 0.00359. The number of hydrogen-bond acceptors (Lipinski definition) is 3. The van der Waals surface area contributed by atoms with E-state index in [-0.39, 0.29) is 22.9 Å². The average Bonchev–Trinajstić information content (AvgIpc) is 2.61. The average molecular weight is 393 g/mol. The predicted molar refractivity (Wildman–Crippen MR) is 102 cm³/mol. The number of anilines is 1. The first kappa shape index (κ1) is 18.7. The zero-order chi connectivity index (χ0) is 18.7. The molecule has 7 heteroatoms. The van der Waals surface area contributed by atoms with Crippen molar-refractivity contribution in [2.24, 2.45) is 0 Å². The summed E-state index contributed by atoms with van der Waals surface area (Å²) in [5.41, 5.74) is 1.35. The fourth-order valence-corrected chi connectivity index (χ4v) is 3.29. The molecule has 1 aliphatic heterocycles. The Labute approximate surface area is 161 Å². The van der Waals surface area contributed by atoms with Gasteiger partial charge in [0.2, 0.25) is 0 Å². The van der Waals surface area contributed by atoms with Gasteiger partial charge in [0.25, 0.3) is 11.8 Å². The van der Waals surface area contributed by atoms with Gasteiger partial charge in [0.1, 0.15) is 0 Å². The second-order valence-electron chi connectivity index (χ2n) is 6.08. The number of nitrogens with one attached hydrogen (secondary N) is 1. The molecule has 0 aromatic heterocycles. The molecular weight excluding hydrogens is 375 g/mol. The summed E-state index contributed by atoms with van der Waals surface area (Å²) in [5.74, 6) is -0.447. The SMILES string of the molecule is CC1COCCN1C(=O)c1cccc(NC(=O)c2ccc(Cl)cc2Cl)c1. The number of carbonyl (C=O) groups excluding carboxylic acids is 2. The summed E-state index contributed by atoms with van der Waals surface area (Å²) in [4.78, 5) is 26.9. The van der Waals surface area contributed by atoms with Crippen LogP contribution >= 0.6 is 23.2 Å². The van der Waals surface area contributed by atoms with Crippen LogP contribution in [-0.2, 0) is 4.74 Å². The first-order valence-corrected chi connectivity index (χ1v) is 8.96. The Morgan fingerprint density at radius 2 is 2.00 bits per heavy atom. The van der Waals surface area contributed by atoms with E-state index < -0.39 is 0 Å². The third kappa shape index (κ3) is 4.18. The highest BCUT2D eigenvalue weighted by Crippen LogP contribution is 2.23. The maximum atomic E-state index is 12.7. The van der Waals surface area contributed by atoms with E-state index in [2.05, 4.69) is 5.32 Å². The normalized spacial score (nSPS) is 17.0. The lowest BCUT2D eigenvalue weighted by atomic mass is 10.1. The van der Waals surface area contributed by atoms with Crippen LogP contribution in [0.2, 0.25) is 10.0 Å². The standard InChI is InChI=1S/C19H18Cl2N2O3/c1-12-11-26-8-7-23(12)19(25)13-3-2-4-15(9-13)22-18(24)16-6-5-14(20)10-17(16)21/h2-6,9-10,12H,7-8,11H2,1H3,(H,22,24). The number of amides is 2. The van der Waals surface area contributed by atoms with Crippen LogP contribution in [0.4, 0.5) is 5.69 Å². The number of nitrogens with zero attached hydrogens (tertiary/aromatic N) is 1. The monoisotopic (exact) mass is 392 g/mol. The second-order valence-corrected chi connectivity index (χ2v) is 6.93. The molecule has 0 saturated carbocycles. The van der Waals surface area contributed by atoms with E-state index in [1.165, 1.54) is 6.07 Å². The number of carbonyl (C=O) groups is 2. The summed E-state index contributed by atoms with van der Waals surface area (Å²) < 4.78 is 5.37. The Balaban J connectivity index is 1.76. The third-order valence-electron chi connectivity index (χ3n) is 4.17. The van der Waals surface area contributed by atoms with Gasteiger partial charge < -0.3 is 15.0 Å². The zero-order valence-electron chi connectivity index (χ0n) is 14.2. The molecule has 5 nitrogen and oxygen atoms in total. The number of benzene rings is 2. The lowest BCUT2D eigenvalue weighted by Gasteiger charge is -2.33. The van der Waals surface area contributed by atoms with Gasteiger partial charge in [-0.1, -0.05) is 29.3 Å². The summed E-state index contributed by atoms with van der Waals surface area (Å²) in [6.07, 6.45) is 0. The topological polar surface area (TPSA) is 58.6 Å². The number of rotatable bonds is 3. The molecule has 1 saturated heterocycles. The molecule has 0 bridgehead atoms. The number of hydrogen-bond donors (Lipinski definition) is 1. The van der Waals surface area contributed by atoms with Gasteiger partial charge in [-0.3, -0.25) is 9.59 Å². The van der Waals surface area contributed by atoms with Crippen LogP contribution in [0, 0.1) is 0 Å². The van der Waals surface area contributed by atoms with E-state index in [4.69, 9.17) is 27.9 Å². The minimum absolute atomic E-state index is 0.0161. The van der Waals surface area contributed by atoms with Crippen LogP contribution in [0.25, 0.3) is 0 Å². The highest BCUT2D eigenvalue weighted by Gasteiger charge is 2.25. The van der Waals surface area contributed by atoms with E-state index >= 15 is 0 Å². The first-order valence-electron chi connectivity index (χ1n) is 8.21. The number of ether oxygens (including phenoxy) is 1. The van der Waals surface area contributed by atoms with Crippen molar-refractivity contribution in [2.75, 3.05) is 25.1 Å². The molecule has 0 spiro atoms. The van der Waals surface area contributed by atoms with Crippen molar-refractivity contribution in [1.29, 1.82) is 0 Å². The predicted octanol–water partition coefficient (Wildman–Crippen LogP) is 4.11. The first-order chi connectivity index (χ1) is 12.5. The maximum Gasteiger partial charge on any atom is 0.257 e. The molecule has 3 rings (SSSR count). The Bertz CT molecular complexity index is 841. The van der Waals surface area contributed by atoms with Crippen LogP contribution in [0.5, 0.6) is 0 Å². The van der Waals surface area contributed by atoms with E-state index in [0.717, 1.165) is 0 Å². The minimum atomic E-state index is -0.365. The third-order valence-corrected chi connectivity index (χ3v) is 4.72. The summed E-state index contributed by atoms with van der Waals surface area (Å²) in [5, 5.41) is 3.49. The molecule has 1 unspecified atom stereocenters. The van der Waals surface area contributed by atoms with Crippen LogP contribution in [0.15, 0.2) is 42.5 Å². The molecule has 1 heterocycles. The van der Waals surface area contributed by atoms with Crippen LogP contribution in [0.1, 0.15) is 27.6 Å². The molecule has 1 N–H and O–H groups in total. The quantitative estimate of drug-likeness (QED) is 0.854. The summed E-state index contributed by atoms with van der Waals surface area (Å²) in [7, 11) is 0. The zero-order valence-corrected chi connectivity index (χ0v) is 15.7. The van der Waals surface area contributed by atoms with Gasteiger partial charge in [0.15, 0.2) is 0 Å². The van der Waals surface area contributed by atoms with E-state index in [1.807, 2.05) is 6.92 Å². The molecule has 1 fully saturated rings. The number of halogens is 2. The molecule has 1 atom stereocenters. The van der Waals surface area contributed by atoms with Crippen molar-refractivity contribution >= 4 is 40.7 Å². The molecular formula is C19H18Cl2N2O3. The van der Waals surface area contributed by atoms with Crippen LogP contribution in [-0.4, -0.2) is 42.5 Å². The molecule has 26 heavy (non-hydrogen) atoms. The highest BCUT2D eigenvalue weighted by molar-refractivity contribution is 6.37. The second kappa shape index (κ2) is 8.08. The Hall–Kier alpha value is -2.08. The molecule has 1 aliphatic rings. The Kier molecular flexibility index (Phi) is 5.81. The van der Waals surface area contributed by atoms with Gasteiger partial charge in [-0.2, -0.15) is 0 Å². The maximum absolute atomic E-state index is 12.7. The molecule has 136 valence electrons. The van der Waals surface area contributed by atoms with Crippen LogP contribution in [0.3, 0.4) is 0 Å². The lowest BCUT2D eigenvalue weighted by Crippen LogP contribution is -2.47. The fraction of sp³-hybridized carbons (Fsp3) is 0.263. The van der Waals surface area contributed by atoms with E-state index in [9.17, 15) is 9.59 Å². The van der Waals surface area contributed by atoms with Crippen molar-refractivity contribution in [3.05, 3.63) is 63.6 Å². The molecule has 2 amide bonds. The number of morpholine rings is 1. The molecule has 0 aliphatic carbocycles. The van der Waals surface area contributed by atoms with E-state index in [0.29, 0.717) is 41.6 Å². The van der Waals surface area contributed by atoms with Gasteiger partial charge >= 0.3 is 0 Å².